The third kappa shape index (κ3) is 5.12. The Kier molecular flexibility index (Phi) is 7.48. The van der Waals surface area contributed by atoms with Crippen molar-refractivity contribution < 1.29 is 14.4 Å². The van der Waals surface area contributed by atoms with Crippen molar-refractivity contribution in [3.63, 3.8) is 0 Å². The molecule has 3 heteroatoms. The molecule has 0 unspecified atom stereocenters. The van der Waals surface area contributed by atoms with E-state index >= 15 is 0 Å². The predicted molar refractivity (Wildman–Crippen MR) is 167 cm³/mol. The van der Waals surface area contributed by atoms with Crippen molar-refractivity contribution >= 4 is 17.3 Å². The molecule has 0 radical (unpaired) electrons. The molecule has 0 saturated heterocycles. The van der Waals surface area contributed by atoms with Gasteiger partial charge in [0.1, 0.15) is 0 Å². The summed E-state index contributed by atoms with van der Waals surface area (Å²) < 4.78 is 0. The quantitative estimate of drug-likeness (QED) is 0.181. The largest absolute Gasteiger partial charge is 0.289 e. The molecule has 0 aliphatic rings. The van der Waals surface area contributed by atoms with Gasteiger partial charge in [0.2, 0.25) is 0 Å². The van der Waals surface area contributed by atoms with Gasteiger partial charge in [-0.3, -0.25) is 14.4 Å². The van der Waals surface area contributed by atoms with Gasteiger partial charge in [0, 0.05) is 38.9 Å². The topological polar surface area (TPSA) is 51.2 Å². The van der Waals surface area contributed by atoms with Crippen LogP contribution in [0, 0.1) is 0 Å². The summed E-state index contributed by atoms with van der Waals surface area (Å²) in [7, 11) is 0. The standard InChI is InChI=1S/C39H26O3/c40-37(29-20-10-3-11-21-29)33-26-32(27-16-6-1-7-17-27)34(28-18-8-2-9-19-28)36(39(42)31-24-14-5-15-25-31)35(33)38(41)30-22-12-4-13-23-30/h1-26H. The number of benzene rings is 6. The van der Waals surface area contributed by atoms with Crippen molar-refractivity contribution in [1.82, 2.24) is 0 Å². The lowest BCUT2D eigenvalue weighted by molar-refractivity contribution is 0.0991. The molecule has 0 spiro atoms. The zero-order valence-corrected chi connectivity index (χ0v) is 22.7. The van der Waals surface area contributed by atoms with Crippen LogP contribution in [0.2, 0.25) is 0 Å². The number of hydrogen-bond donors (Lipinski definition) is 0. The highest BCUT2D eigenvalue weighted by atomic mass is 16.1. The van der Waals surface area contributed by atoms with Gasteiger partial charge in [-0.2, -0.15) is 0 Å². The minimum atomic E-state index is -0.383. The van der Waals surface area contributed by atoms with Gasteiger partial charge >= 0.3 is 0 Å². The van der Waals surface area contributed by atoms with Gasteiger partial charge in [-0.25, -0.2) is 0 Å². The fourth-order valence-electron chi connectivity index (χ4n) is 5.29. The van der Waals surface area contributed by atoms with E-state index in [1.54, 1.807) is 78.9 Å². The van der Waals surface area contributed by atoms with Crippen LogP contribution in [-0.4, -0.2) is 17.3 Å². The van der Waals surface area contributed by atoms with Crippen molar-refractivity contribution in [2.75, 3.05) is 0 Å². The third-order valence-electron chi connectivity index (χ3n) is 7.28. The molecule has 0 heterocycles. The summed E-state index contributed by atoms with van der Waals surface area (Å²) in [6, 6.07) is 47.6. The Labute approximate surface area is 244 Å². The van der Waals surface area contributed by atoms with Crippen molar-refractivity contribution in [2.24, 2.45) is 0 Å². The molecule has 6 rings (SSSR count). The van der Waals surface area contributed by atoms with E-state index in [-0.39, 0.29) is 34.0 Å². The molecule has 0 saturated carbocycles. The average molecular weight is 543 g/mol. The second-order valence-electron chi connectivity index (χ2n) is 9.91. The maximum Gasteiger partial charge on any atom is 0.194 e. The van der Waals surface area contributed by atoms with E-state index in [1.807, 2.05) is 78.9 Å². The summed E-state index contributed by atoms with van der Waals surface area (Å²) in [6.07, 6.45) is 0. The Morgan fingerprint density at radius 1 is 0.357 bits per heavy atom. The molecule has 6 aromatic carbocycles. The summed E-state index contributed by atoms with van der Waals surface area (Å²) in [6.45, 7) is 0. The van der Waals surface area contributed by atoms with Crippen molar-refractivity contribution in [1.29, 1.82) is 0 Å². The molecule has 42 heavy (non-hydrogen) atoms. The van der Waals surface area contributed by atoms with Crippen LogP contribution in [0.25, 0.3) is 22.3 Å². The molecule has 0 aliphatic heterocycles. The molecule has 0 aromatic heterocycles. The van der Waals surface area contributed by atoms with Gasteiger partial charge in [0.15, 0.2) is 17.3 Å². The van der Waals surface area contributed by atoms with Crippen LogP contribution >= 0.6 is 0 Å². The molecule has 6 aromatic rings. The number of carbonyl (C=O) groups is 3. The Hall–Kier alpha value is -5.67. The van der Waals surface area contributed by atoms with E-state index in [9.17, 15) is 14.4 Å². The monoisotopic (exact) mass is 542 g/mol. The molecular formula is C39H26O3. The van der Waals surface area contributed by atoms with Crippen molar-refractivity contribution in [2.45, 2.75) is 0 Å². The van der Waals surface area contributed by atoms with Gasteiger partial charge in [-0.1, -0.05) is 152 Å². The summed E-state index contributed by atoms with van der Waals surface area (Å²) in [5, 5.41) is 0. The zero-order chi connectivity index (χ0) is 28.9. The van der Waals surface area contributed by atoms with Crippen molar-refractivity contribution in [3.05, 3.63) is 191 Å². The lowest BCUT2D eigenvalue weighted by Crippen LogP contribution is -2.19. The first-order chi connectivity index (χ1) is 20.6. The molecule has 200 valence electrons. The number of hydrogen-bond acceptors (Lipinski definition) is 3. The molecule has 0 aliphatic carbocycles. The highest BCUT2D eigenvalue weighted by Crippen LogP contribution is 2.41. The van der Waals surface area contributed by atoms with Crippen LogP contribution in [0.15, 0.2) is 158 Å². The molecule has 0 amide bonds. The third-order valence-corrected chi connectivity index (χ3v) is 7.28. The van der Waals surface area contributed by atoms with Gasteiger partial charge in [-0.05, 0) is 22.8 Å². The lowest BCUT2D eigenvalue weighted by Gasteiger charge is -2.22. The Bertz CT molecular complexity index is 1880. The Morgan fingerprint density at radius 2 is 0.714 bits per heavy atom. The fraction of sp³-hybridized carbons (Fsp3) is 0. The minimum absolute atomic E-state index is 0.0995. The van der Waals surface area contributed by atoms with Crippen molar-refractivity contribution in [3.8, 4) is 22.3 Å². The molecular weight excluding hydrogens is 516 g/mol. The van der Waals surface area contributed by atoms with E-state index in [1.165, 1.54) is 0 Å². The molecule has 0 N–H and O–H groups in total. The van der Waals surface area contributed by atoms with E-state index in [4.69, 9.17) is 0 Å². The summed E-state index contributed by atoms with van der Waals surface area (Å²) in [5.74, 6) is -1.03. The first-order valence-electron chi connectivity index (χ1n) is 13.7. The second-order valence-corrected chi connectivity index (χ2v) is 9.91. The van der Waals surface area contributed by atoms with Crippen LogP contribution in [0.5, 0.6) is 0 Å². The molecule has 0 atom stereocenters. The molecule has 0 bridgehead atoms. The highest BCUT2D eigenvalue weighted by molar-refractivity contribution is 6.28. The summed E-state index contributed by atoms with van der Waals surface area (Å²) >= 11 is 0. The summed E-state index contributed by atoms with van der Waals surface area (Å²) in [4.78, 5) is 43.4. The predicted octanol–water partition coefficient (Wildman–Crippen LogP) is 8.71. The maximum atomic E-state index is 14.6. The molecule has 3 nitrogen and oxygen atoms in total. The van der Waals surface area contributed by atoms with Crippen LogP contribution in [0.1, 0.15) is 47.8 Å². The van der Waals surface area contributed by atoms with Gasteiger partial charge < -0.3 is 0 Å². The molecule has 0 fully saturated rings. The number of rotatable bonds is 8. The van der Waals surface area contributed by atoms with E-state index in [2.05, 4.69) is 0 Å². The zero-order valence-electron chi connectivity index (χ0n) is 22.7. The smallest absolute Gasteiger partial charge is 0.194 e. The first-order valence-corrected chi connectivity index (χ1v) is 13.7. The van der Waals surface area contributed by atoms with Gasteiger partial charge in [0.25, 0.3) is 0 Å². The highest BCUT2D eigenvalue weighted by Gasteiger charge is 2.32. The van der Waals surface area contributed by atoms with Gasteiger partial charge in [-0.15, -0.1) is 0 Å². The summed E-state index contributed by atoms with van der Waals surface area (Å²) in [5.41, 5.74) is 4.68. The number of ketones is 3. The van der Waals surface area contributed by atoms with E-state index < -0.39 is 0 Å². The maximum absolute atomic E-state index is 14.6. The van der Waals surface area contributed by atoms with Crippen LogP contribution in [0.4, 0.5) is 0 Å². The Morgan fingerprint density at radius 3 is 1.17 bits per heavy atom. The fourth-order valence-corrected chi connectivity index (χ4v) is 5.29. The van der Waals surface area contributed by atoms with Crippen LogP contribution in [-0.2, 0) is 0 Å². The van der Waals surface area contributed by atoms with Crippen LogP contribution in [0.3, 0.4) is 0 Å². The van der Waals surface area contributed by atoms with Crippen LogP contribution < -0.4 is 0 Å². The first kappa shape index (κ1) is 26.5. The normalized spacial score (nSPS) is 10.7. The average Bonchev–Trinajstić information content (AvgIpc) is 3.08. The SMILES string of the molecule is O=C(c1ccccc1)c1cc(-c2ccccc2)c(-c2ccccc2)c(C(=O)c2ccccc2)c1C(=O)c1ccccc1. The lowest BCUT2D eigenvalue weighted by atomic mass is 9.78. The van der Waals surface area contributed by atoms with Gasteiger partial charge in [0.05, 0.1) is 0 Å². The minimum Gasteiger partial charge on any atom is -0.289 e. The van der Waals surface area contributed by atoms with E-state index in [0.29, 0.717) is 27.8 Å². The number of carbonyl (C=O) groups excluding carboxylic acids is 3. The van der Waals surface area contributed by atoms with E-state index in [0.717, 1.165) is 11.1 Å². The Balaban J connectivity index is 1.79. The second kappa shape index (κ2) is 11.8.